The Morgan fingerprint density at radius 2 is 1.20 bits per heavy atom. The van der Waals surface area contributed by atoms with E-state index in [1.54, 1.807) is 24.3 Å². The number of benzene rings is 2. The first kappa shape index (κ1) is 38.1. The molecule has 0 fully saturated rings. The van der Waals surface area contributed by atoms with Gasteiger partial charge in [-0.1, -0.05) is 0 Å². The second-order valence-corrected chi connectivity index (χ2v) is 12.5. The van der Waals surface area contributed by atoms with E-state index < -0.39 is 62.1 Å². The summed E-state index contributed by atoms with van der Waals surface area (Å²) >= 11 is 8.73. The van der Waals surface area contributed by atoms with Crippen LogP contribution in [0.15, 0.2) is 39.3 Å². The van der Waals surface area contributed by atoms with Crippen molar-refractivity contribution in [3.8, 4) is 17.2 Å². The molecule has 0 aromatic heterocycles. The molecule has 0 saturated heterocycles. The van der Waals surface area contributed by atoms with Gasteiger partial charge in [0.1, 0.15) is 11.5 Å². The largest absolute Gasteiger partial charge is 0.549 e. The molecule has 0 aliphatic carbocycles. The van der Waals surface area contributed by atoms with Crippen molar-refractivity contribution in [2.24, 2.45) is 0 Å². The van der Waals surface area contributed by atoms with E-state index in [0.717, 1.165) is 9.80 Å². The third kappa shape index (κ3) is 13.5. The van der Waals surface area contributed by atoms with Crippen LogP contribution in [0, 0.1) is 3.57 Å². The fraction of sp³-hybridized carbons (Fsp3) is 0.370. The average molecular weight is 870 g/mol. The van der Waals surface area contributed by atoms with Crippen LogP contribution in [0.1, 0.15) is 5.56 Å². The molecule has 0 spiro atoms. The fourth-order valence-corrected chi connectivity index (χ4v) is 6.13. The number of carboxylic acids is 5. The summed E-state index contributed by atoms with van der Waals surface area (Å²) < 4.78 is 7.29. The average Bonchev–Trinajstić information content (AvgIpc) is 2.90. The smallest absolute Gasteiger partial charge is 0.155 e. The van der Waals surface area contributed by atoms with Gasteiger partial charge in [0.2, 0.25) is 0 Å². The predicted molar refractivity (Wildman–Crippen MR) is 160 cm³/mol. The third-order valence-corrected chi connectivity index (χ3v) is 8.20. The molecule has 2 rings (SSSR count). The van der Waals surface area contributed by atoms with Gasteiger partial charge in [-0.15, -0.1) is 0 Å². The standard InChI is InChI=1S/C27H30Br2IN3O12/c28-17-7-15(8-18(29)26(17)45-16-1-2-21(34)19(30)10-16)9-20(27(43)44)33(5-3-31(11-22(35)36)12-23(37)38)6-4-32(13-24(39)40)14-25(41)42/h1-2,7-8,10,20,34H,3-6,9,11-14H2,(H,35,36)(H,37,38)(H,39,40)(H,41,42)(H,43,44)/p-5/t20-/m0/s1. The number of phenols is 1. The quantitative estimate of drug-likeness (QED) is 0.124. The molecule has 2 aromatic carbocycles. The van der Waals surface area contributed by atoms with Crippen molar-refractivity contribution in [3.05, 3.63) is 48.4 Å². The van der Waals surface area contributed by atoms with Gasteiger partial charge in [-0.05, 0) is 96.8 Å². The highest BCUT2D eigenvalue weighted by molar-refractivity contribution is 14.1. The molecule has 0 unspecified atom stereocenters. The van der Waals surface area contributed by atoms with Crippen LogP contribution in [-0.2, 0) is 30.4 Å². The van der Waals surface area contributed by atoms with Gasteiger partial charge in [-0.2, -0.15) is 0 Å². The van der Waals surface area contributed by atoms with Gasteiger partial charge in [-0.25, -0.2) is 0 Å². The molecule has 0 amide bonds. The molecular formula is C27H25Br2IN3O12-5. The second-order valence-electron chi connectivity index (χ2n) is 9.59. The number of halogens is 3. The van der Waals surface area contributed by atoms with Gasteiger partial charge in [-0.3, -0.25) is 14.7 Å². The molecule has 0 aliphatic rings. The van der Waals surface area contributed by atoms with Gasteiger partial charge < -0.3 is 59.3 Å². The van der Waals surface area contributed by atoms with Gasteiger partial charge >= 0.3 is 0 Å². The molecule has 1 atom stereocenters. The maximum absolute atomic E-state index is 12.4. The maximum Gasteiger partial charge on any atom is 0.155 e. The fourth-order valence-electron chi connectivity index (χ4n) is 4.20. The van der Waals surface area contributed by atoms with Crippen molar-refractivity contribution in [2.75, 3.05) is 52.4 Å². The molecule has 2 aromatic rings. The molecule has 18 heteroatoms. The molecule has 0 saturated carbocycles. The Bertz CT molecular complexity index is 1320. The highest BCUT2D eigenvalue weighted by Crippen LogP contribution is 2.39. The molecule has 246 valence electrons. The van der Waals surface area contributed by atoms with Gasteiger partial charge in [0, 0.05) is 52.4 Å². The highest BCUT2D eigenvalue weighted by atomic mass is 127. The summed E-state index contributed by atoms with van der Waals surface area (Å²) in [7, 11) is 0. The maximum atomic E-state index is 12.4. The van der Waals surface area contributed by atoms with Gasteiger partial charge in [0.15, 0.2) is 5.75 Å². The third-order valence-electron chi connectivity index (χ3n) is 6.16. The van der Waals surface area contributed by atoms with E-state index in [0.29, 0.717) is 29.6 Å². The van der Waals surface area contributed by atoms with Crippen LogP contribution in [0.2, 0.25) is 0 Å². The van der Waals surface area contributed by atoms with Crippen LogP contribution in [0.5, 0.6) is 17.2 Å². The van der Waals surface area contributed by atoms with Crippen LogP contribution in [-0.4, -0.2) is 108 Å². The molecule has 0 aliphatic heterocycles. The molecule has 0 radical (unpaired) electrons. The number of carboxylic acid groups (broad SMARTS) is 5. The number of ether oxygens (including phenoxy) is 1. The zero-order chi connectivity index (χ0) is 33.8. The van der Waals surface area contributed by atoms with Crippen LogP contribution in [0.25, 0.3) is 0 Å². The van der Waals surface area contributed by atoms with E-state index in [1.165, 1.54) is 11.0 Å². The molecular weight excluding hydrogens is 845 g/mol. The van der Waals surface area contributed by atoms with E-state index >= 15 is 0 Å². The number of nitrogens with zero attached hydrogens (tertiary/aromatic N) is 3. The summed E-state index contributed by atoms with van der Waals surface area (Å²) in [4.78, 5) is 60.1. The minimum Gasteiger partial charge on any atom is -0.549 e. The van der Waals surface area contributed by atoms with Crippen LogP contribution < -0.4 is 30.3 Å². The normalized spacial score (nSPS) is 12.0. The summed E-state index contributed by atoms with van der Waals surface area (Å²) in [5.74, 6) is -7.12. The summed E-state index contributed by atoms with van der Waals surface area (Å²) in [6.45, 7) is -4.32. The predicted octanol–water partition coefficient (Wildman–Crippen LogP) is -4.12. The summed E-state index contributed by atoms with van der Waals surface area (Å²) in [5.41, 5.74) is 0.447. The van der Waals surface area contributed by atoms with E-state index in [4.69, 9.17) is 4.74 Å². The van der Waals surface area contributed by atoms with E-state index in [-0.39, 0.29) is 38.3 Å². The molecule has 15 nitrogen and oxygen atoms in total. The molecule has 45 heavy (non-hydrogen) atoms. The molecule has 0 heterocycles. The minimum atomic E-state index is -1.59. The van der Waals surface area contributed by atoms with Crippen molar-refractivity contribution in [2.45, 2.75) is 12.5 Å². The number of carbonyl (C=O) groups is 5. The van der Waals surface area contributed by atoms with E-state index in [2.05, 4.69) is 31.9 Å². The monoisotopic (exact) mass is 868 g/mol. The number of carbonyl (C=O) groups excluding carboxylic acids is 5. The lowest BCUT2D eigenvalue weighted by atomic mass is 10.0. The number of phenolic OH excluding ortho intramolecular Hbond substituents is 1. The van der Waals surface area contributed by atoms with Crippen molar-refractivity contribution >= 4 is 84.3 Å². The summed E-state index contributed by atoms with van der Waals surface area (Å²) in [6.07, 6.45) is -0.209. The number of hydrogen-bond acceptors (Lipinski definition) is 15. The Labute approximate surface area is 287 Å². The lowest BCUT2D eigenvalue weighted by molar-refractivity contribution is -0.314. The first-order valence-corrected chi connectivity index (χ1v) is 15.6. The first-order chi connectivity index (χ1) is 21.0. The van der Waals surface area contributed by atoms with Crippen LogP contribution in [0.3, 0.4) is 0 Å². The Hall–Kier alpha value is -3.04. The van der Waals surface area contributed by atoms with Crippen molar-refractivity contribution in [3.63, 3.8) is 0 Å². The zero-order valence-electron chi connectivity index (χ0n) is 23.2. The minimum absolute atomic E-state index is 0.0686. The first-order valence-electron chi connectivity index (χ1n) is 12.9. The van der Waals surface area contributed by atoms with Crippen LogP contribution in [0.4, 0.5) is 0 Å². The van der Waals surface area contributed by atoms with E-state index in [9.17, 15) is 54.6 Å². The molecule has 1 N–H and O–H groups in total. The lowest BCUT2D eigenvalue weighted by Gasteiger charge is -2.36. The van der Waals surface area contributed by atoms with Gasteiger partial charge in [0.25, 0.3) is 0 Å². The Kier molecular flexibility index (Phi) is 15.4. The topological polar surface area (TPSA) is 240 Å². The zero-order valence-corrected chi connectivity index (χ0v) is 28.6. The van der Waals surface area contributed by atoms with Crippen molar-refractivity contribution in [1.82, 2.24) is 14.7 Å². The SMILES string of the molecule is O=C([O-])CN(CCN(CCN(CC(=O)[O-])CC(=O)[O-])[C@@H](Cc1cc(Br)c(Oc2ccc(O)c(I)c2)c(Br)c1)C(=O)[O-])CC(=O)[O-]. The Morgan fingerprint density at radius 3 is 1.58 bits per heavy atom. The number of aliphatic carboxylic acids is 5. The molecule has 0 bridgehead atoms. The van der Waals surface area contributed by atoms with Crippen molar-refractivity contribution in [1.29, 1.82) is 0 Å². The Morgan fingerprint density at radius 1 is 0.756 bits per heavy atom. The van der Waals surface area contributed by atoms with Gasteiger partial charge in [0.05, 0.1) is 48.4 Å². The van der Waals surface area contributed by atoms with E-state index in [1.807, 2.05) is 22.6 Å². The number of aromatic hydroxyl groups is 1. The van der Waals surface area contributed by atoms with Crippen LogP contribution >= 0.6 is 54.5 Å². The highest BCUT2D eigenvalue weighted by Gasteiger charge is 2.24. The Balaban J connectivity index is 2.38. The lowest BCUT2D eigenvalue weighted by Crippen LogP contribution is -2.55. The van der Waals surface area contributed by atoms with Crippen molar-refractivity contribution < 1.29 is 59.3 Å². The number of rotatable bonds is 20. The summed E-state index contributed by atoms with van der Waals surface area (Å²) in [6, 6.07) is 6.32. The summed E-state index contributed by atoms with van der Waals surface area (Å²) in [5, 5.41) is 66.7. The number of hydrogen-bond donors (Lipinski definition) is 1. The second kappa shape index (κ2) is 18.2.